The van der Waals surface area contributed by atoms with Gasteiger partial charge in [-0.1, -0.05) is 79.7 Å². The average Bonchev–Trinajstić information content (AvgIpc) is 2.91. The summed E-state index contributed by atoms with van der Waals surface area (Å²) < 4.78 is 41.5. The van der Waals surface area contributed by atoms with Crippen LogP contribution < -0.4 is 147 Å². The summed E-state index contributed by atoms with van der Waals surface area (Å²) in [6, 6.07) is 12.4. The van der Waals surface area contributed by atoms with Crippen LogP contribution in [0.2, 0.25) is 0 Å². The molecule has 0 bridgehead atoms. The van der Waals surface area contributed by atoms with E-state index in [1.165, 1.54) is 31.4 Å². The van der Waals surface area contributed by atoms with Crippen LogP contribution >= 0.6 is 15.6 Å². The molecule has 1 atom stereocenters. The molecule has 262 valence electrons. The van der Waals surface area contributed by atoms with Gasteiger partial charge < -0.3 is 52.3 Å². The van der Waals surface area contributed by atoms with Gasteiger partial charge in [0, 0.05) is 25.3 Å². The van der Waals surface area contributed by atoms with E-state index in [4.69, 9.17) is 24.4 Å². The quantitative estimate of drug-likeness (QED) is 0.0923. The molecule has 0 spiro atoms. The van der Waals surface area contributed by atoms with Crippen molar-refractivity contribution in [3.8, 4) is 11.5 Å². The maximum Gasteiger partial charge on any atom is 1.00 e. The number of hydrogen-bond acceptors (Lipinski definition) is 13. The standard InChI is InChI=1S/C15H23O7P.C15H23O5P.CH4O.4Na/c1-10(2)14(11(3)4)15(19-5,22-21-14)12-7-6-8-13(9-12)20-23(16,17)18;1-10(2)14(11(3)4)15(19-5)12-7-6-8-13(9-12)20-21(16,17)18;1-2;;;;/h6-11H,1-5H3,(H2,16,17,18);6-11H,1-5H3,(H2,16,17,18);2H,1H3;;;;/q;;;4*+1/p-4. The van der Waals surface area contributed by atoms with E-state index < -0.39 is 27.0 Å². The largest absolute Gasteiger partial charge is 1.00 e. The van der Waals surface area contributed by atoms with E-state index in [9.17, 15) is 28.7 Å². The van der Waals surface area contributed by atoms with Gasteiger partial charge in [0.05, 0.1) is 7.11 Å². The number of phosphoric acid groups is 2. The van der Waals surface area contributed by atoms with Crippen molar-refractivity contribution in [1.82, 2.24) is 0 Å². The molecule has 13 nitrogen and oxygen atoms in total. The molecule has 1 saturated heterocycles. The van der Waals surface area contributed by atoms with E-state index in [1.807, 2.05) is 27.7 Å². The molecule has 1 N–H and O–H groups in total. The number of ether oxygens (including phenoxy) is 2. The molecule has 1 unspecified atom stereocenters. The number of aliphatic hydroxyl groups excluding tert-OH is 1. The van der Waals surface area contributed by atoms with Gasteiger partial charge in [0.15, 0.2) is 5.60 Å². The Morgan fingerprint density at radius 3 is 1.44 bits per heavy atom. The van der Waals surface area contributed by atoms with Gasteiger partial charge in [-0.3, -0.25) is 0 Å². The summed E-state index contributed by atoms with van der Waals surface area (Å²) in [5.41, 5.74) is 1.54. The Hall–Kier alpha value is 1.72. The third-order valence-electron chi connectivity index (χ3n) is 7.27. The van der Waals surface area contributed by atoms with E-state index in [2.05, 4.69) is 36.7 Å². The third-order valence-corrected chi connectivity index (χ3v) is 8.14. The van der Waals surface area contributed by atoms with Crippen LogP contribution in [0.1, 0.15) is 66.5 Å². The zero-order valence-electron chi connectivity index (χ0n) is 32.2. The Bertz CT molecular complexity index is 1380. The van der Waals surface area contributed by atoms with Crippen LogP contribution in [0.5, 0.6) is 11.5 Å². The first kappa shape index (κ1) is 58.4. The Morgan fingerprint density at radius 2 is 1.12 bits per heavy atom. The number of aliphatic hydroxyl groups is 1. The molecule has 1 heterocycles. The van der Waals surface area contributed by atoms with Gasteiger partial charge in [-0.15, -0.1) is 0 Å². The molecule has 2 aromatic rings. The first-order valence-corrected chi connectivity index (χ1v) is 17.5. The predicted octanol–water partition coefficient (Wildman–Crippen LogP) is -8.11. The summed E-state index contributed by atoms with van der Waals surface area (Å²) in [7, 11) is -6.15. The SMILES string of the molecule is CO.COC(=C(C(C)C)C(C)C)c1cccc(OP(=O)([O-])[O-])c1.COC1(c2cccc(OP(=O)([O-])[O-])c2)OOC1(C(C)C)C(C)C.[Na+].[Na+].[Na+].[Na+]. The average molecular weight is 781 g/mol. The van der Waals surface area contributed by atoms with Crippen molar-refractivity contribution >= 4 is 21.4 Å². The molecule has 50 heavy (non-hydrogen) atoms. The number of benzene rings is 2. The molecule has 0 aliphatic carbocycles. The summed E-state index contributed by atoms with van der Waals surface area (Å²) in [5.74, 6) is -0.00524. The van der Waals surface area contributed by atoms with Crippen molar-refractivity contribution in [1.29, 1.82) is 0 Å². The molecular formula is C31H46Na4O13P2. The van der Waals surface area contributed by atoms with Gasteiger partial charge in [0.1, 0.15) is 32.9 Å². The summed E-state index contributed by atoms with van der Waals surface area (Å²) in [6.45, 7) is 16.2. The van der Waals surface area contributed by atoms with Crippen molar-refractivity contribution < 1.29 is 180 Å². The van der Waals surface area contributed by atoms with Gasteiger partial charge in [-0.2, -0.15) is 4.89 Å². The number of allylic oxidation sites excluding steroid dienone is 1. The second-order valence-electron chi connectivity index (χ2n) is 11.5. The molecule has 0 saturated carbocycles. The Kier molecular flexibility index (Phi) is 30.1. The van der Waals surface area contributed by atoms with Crippen molar-refractivity contribution in [3.63, 3.8) is 0 Å². The number of phosphoric ester groups is 2. The fraction of sp³-hybridized carbons (Fsp3) is 0.548. The first-order valence-electron chi connectivity index (χ1n) is 14.5. The summed E-state index contributed by atoms with van der Waals surface area (Å²) in [6.07, 6.45) is 0. The molecule has 0 radical (unpaired) electrons. The third kappa shape index (κ3) is 15.7. The normalized spacial score (nSPS) is 16.0. The molecule has 0 aromatic heterocycles. The second-order valence-corrected chi connectivity index (χ2v) is 13.7. The van der Waals surface area contributed by atoms with Crippen molar-refractivity contribution in [2.24, 2.45) is 23.7 Å². The summed E-state index contributed by atoms with van der Waals surface area (Å²) in [5, 5.41) is 7.00. The summed E-state index contributed by atoms with van der Waals surface area (Å²) >= 11 is 0. The molecule has 2 aromatic carbocycles. The van der Waals surface area contributed by atoms with E-state index in [0.29, 0.717) is 16.9 Å². The van der Waals surface area contributed by atoms with Gasteiger partial charge in [0.25, 0.3) is 5.79 Å². The molecular weight excluding hydrogens is 734 g/mol. The molecule has 1 fully saturated rings. The fourth-order valence-electron chi connectivity index (χ4n) is 5.72. The van der Waals surface area contributed by atoms with E-state index in [1.54, 1.807) is 31.4 Å². The van der Waals surface area contributed by atoms with Crippen LogP contribution in [-0.4, -0.2) is 32.0 Å². The van der Waals surface area contributed by atoms with Crippen LogP contribution in [0.25, 0.3) is 5.76 Å². The fourth-order valence-corrected chi connectivity index (χ4v) is 6.46. The molecule has 0 amide bonds. The van der Waals surface area contributed by atoms with E-state index in [0.717, 1.165) is 12.7 Å². The van der Waals surface area contributed by atoms with Crippen LogP contribution in [0.15, 0.2) is 54.1 Å². The maximum absolute atomic E-state index is 10.8. The van der Waals surface area contributed by atoms with Crippen molar-refractivity contribution in [3.05, 3.63) is 65.2 Å². The van der Waals surface area contributed by atoms with Crippen molar-refractivity contribution in [2.45, 2.75) is 66.8 Å². The Balaban J connectivity index is -0.000000376. The number of methoxy groups -OCH3 is 2. The van der Waals surface area contributed by atoms with Gasteiger partial charge >= 0.3 is 118 Å². The molecule has 3 rings (SSSR count). The first-order chi connectivity index (χ1) is 21.2. The maximum atomic E-state index is 10.8. The van der Waals surface area contributed by atoms with E-state index in [-0.39, 0.29) is 153 Å². The minimum atomic E-state index is -5.14. The van der Waals surface area contributed by atoms with Crippen LogP contribution in [-0.2, 0) is 34.2 Å². The Morgan fingerprint density at radius 1 is 0.700 bits per heavy atom. The van der Waals surface area contributed by atoms with Crippen LogP contribution in [0.3, 0.4) is 0 Å². The second kappa shape index (κ2) is 25.8. The van der Waals surface area contributed by atoms with Gasteiger partial charge in [0.2, 0.25) is 0 Å². The Labute approximate surface area is 385 Å². The zero-order chi connectivity index (χ0) is 35.7. The predicted molar refractivity (Wildman–Crippen MR) is 164 cm³/mol. The van der Waals surface area contributed by atoms with Gasteiger partial charge in [-0.25, -0.2) is 4.89 Å². The monoisotopic (exact) mass is 780 g/mol. The molecule has 1 aliphatic rings. The molecule has 1 aliphatic heterocycles. The zero-order valence-corrected chi connectivity index (χ0v) is 42.0. The smallest absolute Gasteiger partial charge is 0.780 e. The summed E-state index contributed by atoms with van der Waals surface area (Å²) in [4.78, 5) is 53.9. The van der Waals surface area contributed by atoms with Crippen LogP contribution in [0.4, 0.5) is 0 Å². The number of rotatable bonds is 12. The number of hydrogen-bond donors (Lipinski definition) is 1. The van der Waals surface area contributed by atoms with Crippen LogP contribution in [0, 0.1) is 23.7 Å². The van der Waals surface area contributed by atoms with E-state index >= 15 is 0 Å². The van der Waals surface area contributed by atoms with Gasteiger partial charge in [-0.05, 0) is 53.5 Å². The minimum Gasteiger partial charge on any atom is -0.780 e. The topological polar surface area (TPSA) is 202 Å². The molecule has 19 heteroatoms. The minimum absolute atomic E-state index is 0. The van der Waals surface area contributed by atoms with Crippen molar-refractivity contribution in [2.75, 3.05) is 21.3 Å².